The van der Waals surface area contributed by atoms with E-state index in [0.717, 1.165) is 16.6 Å². The van der Waals surface area contributed by atoms with Gasteiger partial charge in [0.15, 0.2) is 11.5 Å². The first kappa shape index (κ1) is 18.9. The summed E-state index contributed by atoms with van der Waals surface area (Å²) in [6.45, 7) is 2.72. The normalized spacial score (nSPS) is 18.4. The number of hydrogen-bond acceptors (Lipinski definition) is 6. The molecule has 0 unspecified atom stereocenters. The number of sulfonamides is 1. The summed E-state index contributed by atoms with van der Waals surface area (Å²) in [5, 5.41) is 4.36. The Morgan fingerprint density at radius 3 is 2.90 bits per heavy atom. The summed E-state index contributed by atoms with van der Waals surface area (Å²) < 4.78 is 28.8. The van der Waals surface area contributed by atoms with Gasteiger partial charge in [0.05, 0.1) is 35.8 Å². The smallest absolute Gasteiger partial charge is 0.303 e. The molecular formula is C19H21N7O3S. The van der Waals surface area contributed by atoms with Crippen LogP contribution in [0.5, 0.6) is 0 Å². The molecule has 1 atom stereocenters. The summed E-state index contributed by atoms with van der Waals surface area (Å²) in [6, 6.07) is 3.68. The molecular weight excluding hydrogens is 406 g/mol. The first-order chi connectivity index (χ1) is 14.3. The Labute approximate surface area is 172 Å². The third-order valence-corrected chi connectivity index (χ3v) is 6.84. The second-order valence-electron chi connectivity index (χ2n) is 7.74. The lowest BCUT2D eigenvalue weighted by Crippen LogP contribution is -2.42. The second kappa shape index (κ2) is 6.74. The molecule has 4 aromatic heterocycles. The Balaban J connectivity index is 1.63. The van der Waals surface area contributed by atoms with Gasteiger partial charge in [-0.25, -0.2) is 32.0 Å². The van der Waals surface area contributed by atoms with Gasteiger partial charge in [0, 0.05) is 19.3 Å². The van der Waals surface area contributed by atoms with Crippen molar-refractivity contribution < 1.29 is 8.42 Å². The number of fused-ring (bicyclic) bond motifs is 2. The van der Waals surface area contributed by atoms with E-state index in [-0.39, 0.29) is 18.3 Å². The molecule has 0 spiro atoms. The van der Waals surface area contributed by atoms with Crippen LogP contribution in [0, 0.1) is 6.92 Å². The number of aromatic nitrogens is 6. The van der Waals surface area contributed by atoms with Gasteiger partial charge in [0.25, 0.3) is 0 Å². The number of nitrogens with zero attached hydrogens (tertiary/aromatic N) is 6. The molecule has 0 amide bonds. The summed E-state index contributed by atoms with van der Waals surface area (Å²) in [5.41, 5.74) is 3.41. The number of rotatable bonds is 3. The molecule has 5 rings (SSSR count). The van der Waals surface area contributed by atoms with Crippen molar-refractivity contribution in [3.8, 4) is 11.4 Å². The van der Waals surface area contributed by atoms with Crippen molar-refractivity contribution >= 4 is 26.7 Å². The van der Waals surface area contributed by atoms with E-state index in [9.17, 15) is 13.2 Å². The molecule has 30 heavy (non-hydrogen) atoms. The number of nitrogens with one attached hydrogen (secondary N) is 1. The van der Waals surface area contributed by atoms with Crippen LogP contribution in [0.3, 0.4) is 0 Å². The highest BCUT2D eigenvalue weighted by Crippen LogP contribution is 2.27. The fourth-order valence-corrected chi connectivity index (χ4v) is 4.98. The molecule has 11 heteroatoms. The molecule has 1 aliphatic rings. The highest BCUT2D eigenvalue weighted by molar-refractivity contribution is 7.88. The van der Waals surface area contributed by atoms with Gasteiger partial charge in [0.2, 0.25) is 10.0 Å². The Morgan fingerprint density at radius 2 is 2.10 bits per heavy atom. The lowest BCUT2D eigenvalue weighted by molar-refractivity contribution is 0.268. The van der Waals surface area contributed by atoms with Crippen LogP contribution >= 0.6 is 0 Å². The Kier molecular flexibility index (Phi) is 4.26. The first-order valence-electron chi connectivity index (χ1n) is 9.68. The number of piperidine rings is 1. The zero-order valence-electron chi connectivity index (χ0n) is 16.6. The highest BCUT2D eigenvalue weighted by atomic mass is 32.2. The SMILES string of the molecule is Cc1ccn2ncc(-c3ncc4[nH]c(=O)n([C@H]5CCCN(S(C)(=O)=O)C5)c4n3)c2c1. The molecule has 0 aliphatic carbocycles. The van der Waals surface area contributed by atoms with Crippen molar-refractivity contribution in [1.82, 2.24) is 33.4 Å². The van der Waals surface area contributed by atoms with Crippen molar-refractivity contribution in [2.24, 2.45) is 0 Å². The van der Waals surface area contributed by atoms with Gasteiger partial charge >= 0.3 is 5.69 Å². The number of imidazole rings is 1. The fourth-order valence-electron chi connectivity index (χ4n) is 4.08. The lowest BCUT2D eigenvalue weighted by atomic mass is 10.1. The van der Waals surface area contributed by atoms with Gasteiger partial charge in [-0.15, -0.1) is 0 Å². The third-order valence-electron chi connectivity index (χ3n) is 5.57. The van der Waals surface area contributed by atoms with E-state index in [1.807, 2.05) is 25.3 Å². The van der Waals surface area contributed by atoms with Crippen molar-refractivity contribution in [1.29, 1.82) is 0 Å². The topological polar surface area (TPSA) is 118 Å². The molecule has 156 valence electrons. The summed E-state index contributed by atoms with van der Waals surface area (Å²) in [7, 11) is -3.32. The largest absolute Gasteiger partial charge is 0.328 e. The summed E-state index contributed by atoms with van der Waals surface area (Å²) in [6.07, 6.45) is 7.75. The first-order valence-corrected chi connectivity index (χ1v) is 11.5. The maximum absolute atomic E-state index is 12.7. The maximum Gasteiger partial charge on any atom is 0.328 e. The lowest BCUT2D eigenvalue weighted by Gasteiger charge is -2.31. The minimum Gasteiger partial charge on any atom is -0.303 e. The van der Waals surface area contributed by atoms with E-state index in [1.54, 1.807) is 21.5 Å². The second-order valence-corrected chi connectivity index (χ2v) is 9.72. The molecule has 1 N–H and O–H groups in total. The van der Waals surface area contributed by atoms with Gasteiger partial charge in [-0.2, -0.15) is 5.10 Å². The van der Waals surface area contributed by atoms with E-state index in [4.69, 9.17) is 0 Å². The third kappa shape index (κ3) is 3.10. The average molecular weight is 427 g/mol. The van der Waals surface area contributed by atoms with Gasteiger partial charge in [0.1, 0.15) is 5.52 Å². The minimum atomic E-state index is -3.32. The van der Waals surface area contributed by atoms with E-state index in [1.165, 1.54) is 10.6 Å². The van der Waals surface area contributed by atoms with E-state index in [0.29, 0.717) is 36.4 Å². The van der Waals surface area contributed by atoms with Gasteiger partial charge in [-0.1, -0.05) is 0 Å². The summed E-state index contributed by atoms with van der Waals surface area (Å²) in [4.78, 5) is 24.6. The Morgan fingerprint density at radius 1 is 1.27 bits per heavy atom. The zero-order chi connectivity index (χ0) is 21.0. The molecule has 0 saturated carbocycles. The van der Waals surface area contributed by atoms with Gasteiger partial charge < -0.3 is 4.98 Å². The quantitative estimate of drug-likeness (QED) is 0.527. The summed E-state index contributed by atoms with van der Waals surface area (Å²) >= 11 is 0. The Bertz CT molecular complexity index is 1430. The molecule has 0 radical (unpaired) electrons. The molecule has 0 bridgehead atoms. The average Bonchev–Trinajstić information content (AvgIpc) is 3.26. The van der Waals surface area contributed by atoms with Crippen molar-refractivity contribution in [3.63, 3.8) is 0 Å². The number of aromatic amines is 1. The zero-order valence-corrected chi connectivity index (χ0v) is 17.4. The van der Waals surface area contributed by atoms with Crippen LogP contribution in [0.1, 0.15) is 24.4 Å². The van der Waals surface area contributed by atoms with Crippen molar-refractivity contribution in [2.75, 3.05) is 19.3 Å². The van der Waals surface area contributed by atoms with Crippen LogP contribution in [-0.4, -0.2) is 61.2 Å². The Hall–Kier alpha value is -3.05. The molecule has 5 heterocycles. The molecule has 1 aliphatic heterocycles. The van der Waals surface area contributed by atoms with Crippen LogP contribution < -0.4 is 5.69 Å². The minimum absolute atomic E-state index is 0.251. The molecule has 1 fully saturated rings. The van der Waals surface area contributed by atoms with Crippen LogP contribution in [0.4, 0.5) is 0 Å². The van der Waals surface area contributed by atoms with Gasteiger partial charge in [-0.05, 0) is 37.5 Å². The molecule has 10 nitrogen and oxygen atoms in total. The van der Waals surface area contributed by atoms with Gasteiger partial charge in [-0.3, -0.25) is 4.57 Å². The molecule has 4 aromatic rings. The number of aryl methyl sites for hydroxylation is 1. The highest BCUT2D eigenvalue weighted by Gasteiger charge is 2.29. The monoisotopic (exact) mass is 427 g/mol. The van der Waals surface area contributed by atoms with Crippen LogP contribution in [-0.2, 0) is 10.0 Å². The number of H-pyrrole nitrogens is 1. The molecule has 0 aromatic carbocycles. The standard InChI is InChI=1S/C19H21N7O3S/c1-12-5-7-25-16(8-12)14(9-21-25)17-20-10-15-18(23-17)26(19(27)22-15)13-4-3-6-24(11-13)30(2,28)29/h5,7-10,13H,3-4,6,11H2,1-2H3,(H,22,27)/t13-/m0/s1. The van der Waals surface area contributed by atoms with E-state index < -0.39 is 10.0 Å². The fraction of sp³-hybridized carbons (Fsp3) is 0.368. The number of hydrogen-bond donors (Lipinski definition) is 1. The van der Waals surface area contributed by atoms with Crippen LogP contribution in [0.15, 0.2) is 35.5 Å². The van der Waals surface area contributed by atoms with E-state index in [2.05, 4.69) is 20.1 Å². The summed E-state index contributed by atoms with van der Waals surface area (Å²) in [5.74, 6) is 0.464. The maximum atomic E-state index is 12.7. The van der Waals surface area contributed by atoms with Crippen LogP contribution in [0.2, 0.25) is 0 Å². The van der Waals surface area contributed by atoms with Crippen molar-refractivity contribution in [2.45, 2.75) is 25.8 Å². The predicted molar refractivity (Wildman–Crippen MR) is 112 cm³/mol. The predicted octanol–water partition coefficient (Wildman–Crippen LogP) is 1.34. The van der Waals surface area contributed by atoms with E-state index >= 15 is 0 Å². The number of pyridine rings is 1. The van der Waals surface area contributed by atoms with Crippen LogP contribution in [0.25, 0.3) is 28.1 Å². The van der Waals surface area contributed by atoms with Crippen molar-refractivity contribution in [3.05, 3.63) is 46.8 Å². The molecule has 1 saturated heterocycles.